The molecule has 1 saturated carbocycles. The SMILES string of the molecule is CN(C(=O)CSc1nc2ccccc2n1C)C1CC1. The largest absolute Gasteiger partial charge is 0.342 e. The lowest BCUT2D eigenvalue weighted by atomic mass is 10.3. The number of para-hydroxylation sites is 2. The van der Waals surface area contributed by atoms with Crippen LogP contribution in [0.3, 0.4) is 0 Å². The number of aromatic nitrogens is 2. The molecule has 4 nitrogen and oxygen atoms in total. The van der Waals surface area contributed by atoms with Crippen LogP contribution in [0.1, 0.15) is 12.8 Å². The summed E-state index contributed by atoms with van der Waals surface area (Å²) in [5, 5.41) is 0.902. The van der Waals surface area contributed by atoms with E-state index in [4.69, 9.17) is 0 Å². The summed E-state index contributed by atoms with van der Waals surface area (Å²) in [4.78, 5) is 18.4. The number of amides is 1. The molecule has 1 aliphatic carbocycles. The van der Waals surface area contributed by atoms with E-state index >= 15 is 0 Å². The number of fused-ring (bicyclic) bond motifs is 1. The van der Waals surface area contributed by atoms with Gasteiger partial charge < -0.3 is 9.47 Å². The van der Waals surface area contributed by atoms with E-state index in [0.717, 1.165) is 29.0 Å². The van der Waals surface area contributed by atoms with E-state index in [-0.39, 0.29) is 5.91 Å². The standard InChI is InChI=1S/C14H17N3OS/c1-16(10-7-8-10)13(18)9-19-14-15-11-5-3-4-6-12(11)17(14)2/h3-6,10H,7-9H2,1-2H3. The van der Waals surface area contributed by atoms with Crippen LogP contribution in [-0.4, -0.2) is 39.2 Å². The number of rotatable bonds is 4. The molecule has 1 fully saturated rings. The Morgan fingerprint density at radius 2 is 2.21 bits per heavy atom. The van der Waals surface area contributed by atoms with Gasteiger partial charge in [0.25, 0.3) is 0 Å². The molecule has 1 aromatic carbocycles. The summed E-state index contributed by atoms with van der Waals surface area (Å²) in [6, 6.07) is 8.51. The van der Waals surface area contributed by atoms with Gasteiger partial charge in [-0.05, 0) is 25.0 Å². The van der Waals surface area contributed by atoms with E-state index in [9.17, 15) is 4.79 Å². The first-order valence-electron chi connectivity index (χ1n) is 6.46. The van der Waals surface area contributed by atoms with E-state index < -0.39 is 0 Å². The molecule has 0 saturated heterocycles. The molecule has 0 aliphatic heterocycles. The fourth-order valence-corrected chi connectivity index (χ4v) is 3.06. The van der Waals surface area contributed by atoms with E-state index in [2.05, 4.69) is 4.98 Å². The predicted molar refractivity (Wildman–Crippen MR) is 77.2 cm³/mol. The summed E-state index contributed by atoms with van der Waals surface area (Å²) in [6.45, 7) is 0. The van der Waals surface area contributed by atoms with Crippen LogP contribution in [0.25, 0.3) is 11.0 Å². The molecule has 0 atom stereocenters. The summed E-state index contributed by atoms with van der Waals surface area (Å²) in [5.74, 6) is 0.656. The average Bonchev–Trinajstić information content (AvgIpc) is 3.22. The predicted octanol–water partition coefficient (Wildman–Crippen LogP) is 2.29. The zero-order chi connectivity index (χ0) is 13.4. The van der Waals surface area contributed by atoms with E-state index in [1.807, 2.05) is 47.8 Å². The topological polar surface area (TPSA) is 38.1 Å². The van der Waals surface area contributed by atoms with Crippen LogP contribution in [-0.2, 0) is 11.8 Å². The Bertz CT molecular complexity index is 618. The van der Waals surface area contributed by atoms with E-state index in [0.29, 0.717) is 11.8 Å². The van der Waals surface area contributed by atoms with Crippen LogP contribution >= 0.6 is 11.8 Å². The molecule has 100 valence electrons. The molecule has 3 rings (SSSR count). The summed E-state index contributed by atoms with van der Waals surface area (Å²) >= 11 is 1.52. The number of aryl methyl sites for hydroxylation is 1. The Kier molecular flexibility index (Phi) is 3.22. The van der Waals surface area contributed by atoms with Gasteiger partial charge in [0.05, 0.1) is 16.8 Å². The van der Waals surface area contributed by atoms with Gasteiger partial charge in [-0.25, -0.2) is 4.98 Å². The third-order valence-electron chi connectivity index (χ3n) is 3.56. The third kappa shape index (κ3) is 2.47. The highest BCUT2D eigenvalue weighted by Crippen LogP contribution is 2.27. The summed E-state index contributed by atoms with van der Waals surface area (Å²) in [5.41, 5.74) is 2.09. The van der Waals surface area contributed by atoms with Gasteiger partial charge in [0.1, 0.15) is 0 Å². The normalized spacial score (nSPS) is 14.8. The van der Waals surface area contributed by atoms with Crippen molar-refractivity contribution in [2.45, 2.75) is 24.0 Å². The van der Waals surface area contributed by atoms with Gasteiger partial charge in [-0.15, -0.1) is 0 Å². The van der Waals surface area contributed by atoms with Crippen molar-refractivity contribution in [1.29, 1.82) is 0 Å². The minimum absolute atomic E-state index is 0.194. The Morgan fingerprint density at radius 3 is 2.89 bits per heavy atom. The Hall–Kier alpha value is -1.49. The van der Waals surface area contributed by atoms with Crippen molar-refractivity contribution in [3.05, 3.63) is 24.3 Å². The molecular weight excluding hydrogens is 258 g/mol. The number of imidazole rings is 1. The maximum absolute atomic E-state index is 12.0. The lowest BCUT2D eigenvalue weighted by Gasteiger charge is -2.15. The number of carbonyl (C=O) groups excluding carboxylic acids is 1. The number of hydrogen-bond donors (Lipinski definition) is 0. The Morgan fingerprint density at radius 1 is 1.47 bits per heavy atom. The molecule has 0 radical (unpaired) electrons. The summed E-state index contributed by atoms with van der Waals surface area (Å²) in [7, 11) is 3.89. The van der Waals surface area contributed by atoms with Crippen molar-refractivity contribution in [1.82, 2.24) is 14.5 Å². The molecule has 5 heteroatoms. The fraction of sp³-hybridized carbons (Fsp3) is 0.429. The van der Waals surface area contributed by atoms with Gasteiger partial charge >= 0.3 is 0 Å². The average molecular weight is 275 g/mol. The highest BCUT2D eigenvalue weighted by molar-refractivity contribution is 7.99. The smallest absolute Gasteiger partial charge is 0.233 e. The first kappa shape index (κ1) is 12.5. The molecule has 0 unspecified atom stereocenters. The zero-order valence-corrected chi connectivity index (χ0v) is 12.0. The number of benzene rings is 1. The monoisotopic (exact) mass is 275 g/mol. The molecule has 2 aromatic rings. The first-order valence-corrected chi connectivity index (χ1v) is 7.45. The highest BCUT2D eigenvalue weighted by atomic mass is 32.2. The van der Waals surface area contributed by atoms with Crippen LogP contribution in [0, 0.1) is 0 Å². The van der Waals surface area contributed by atoms with Crippen LogP contribution in [0.5, 0.6) is 0 Å². The molecule has 1 amide bonds. The molecule has 0 N–H and O–H groups in total. The van der Waals surface area contributed by atoms with Crippen LogP contribution in [0.2, 0.25) is 0 Å². The maximum atomic E-state index is 12.0. The molecular formula is C14H17N3OS. The van der Waals surface area contributed by atoms with Crippen LogP contribution < -0.4 is 0 Å². The van der Waals surface area contributed by atoms with Crippen molar-refractivity contribution in [3.63, 3.8) is 0 Å². The Labute approximate surface area is 116 Å². The molecule has 1 heterocycles. The first-order chi connectivity index (χ1) is 9.16. The number of carbonyl (C=O) groups is 1. The maximum Gasteiger partial charge on any atom is 0.233 e. The highest BCUT2D eigenvalue weighted by Gasteiger charge is 2.29. The third-order valence-corrected chi connectivity index (χ3v) is 4.57. The van der Waals surface area contributed by atoms with Gasteiger partial charge in [-0.3, -0.25) is 4.79 Å². The van der Waals surface area contributed by atoms with Gasteiger partial charge in [0.15, 0.2) is 5.16 Å². The van der Waals surface area contributed by atoms with Crippen molar-refractivity contribution in [2.24, 2.45) is 7.05 Å². The van der Waals surface area contributed by atoms with Crippen molar-refractivity contribution in [3.8, 4) is 0 Å². The van der Waals surface area contributed by atoms with Gasteiger partial charge in [-0.2, -0.15) is 0 Å². The lowest BCUT2D eigenvalue weighted by Crippen LogP contribution is -2.30. The molecule has 0 spiro atoms. The Balaban J connectivity index is 1.71. The zero-order valence-electron chi connectivity index (χ0n) is 11.2. The second kappa shape index (κ2) is 4.89. The van der Waals surface area contributed by atoms with Gasteiger partial charge in [0.2, 0.25) is 5.91 Å². The van der Waals surface area contributed by atoms with Crippen molar-refractivity contribution in [2.75, 3.05) is 12.8 Å². The summed E-state index contributed by atoms with van der Waals surface area (Å²) in [6.07, 6.45) is 2.30. The minimum Gasteiger partial charge on any atom is -0.342 e. The fourth-order valence-electron chi connectivity index (χ4n) is 2.15. The second-order valence-corrected chi connectivity index (χ2v) is 5.91. The summed E-state index contributed by atoms with van der Waals surface area (Å²) < 4.78 is 2.05. The van der Waals surface area contributed by atoms with E-state index in [1.54, 1.807) is 0 Å². The lowest BCUT2D eigenvalue weighted by molar-refractivity contribution is -0.127. The minimum atomic E-state index is 0.194. The molecule has 19 heavy (non-hydrogen) atoms. The number of thioether (sulfide) groups is 1. The van der Waals surface area contributed by atoms with Gasteiger partial charge in [-0.1, -0.05) is 23.9 Å². The van der Waals surface area contributed by atoms with Crippen molar-refractivity contribution < 1.29 is 4.79 Å². The number of nitrogens with zero attached hydrogens (tertiary/aromatic N) is 3. The second-order valence-electron chi connectivity index (χ2n) is 4.97. The molecule has 1 aliphatic rings. The van der Waals surface area contributed by atoms with Crippen molar-refractivity contribution >= 4 is 28.7 Å². The quantitative estimate of drug-likeness (QED) is 0.804. The van der Waals surface area contributed by atoms with Gasteiger partial charge in [0, 0.05) is 20.1 Å². The molecule has 0 bridgehead atoms. The van der Waals surface area contributed by atoms with E-state index in [1.165, 1.54) is 11.8 Å². The number of hydrogen-bond acceptors (Lipinski definition) is 3. The molecule has 1 aromatic heterocycles. The van der Waals surface area contributed by atoms with Crippen LogP contribution in [0.4, 0.5) is 0 Å². The van der Waals surface area contributed by atoms with Crippen LogP contribution in [0.15, 0.2) is 29.4 Å².